The highest BCUT2D eigenvalue weighted by molar-refractivity contribution is 6.08. The molecule has 3 rings (SSSR count). The van der Waals surface area contributed by atoms with E-state index in [0.717, 1.165) is 25.1 Å². The standard InChI is InChI=1S/C25H36N4O6/c1-25(2,3)35-24(33)28-11-9-17(10-12-28)15-26-18-5-7-19(8-6-18)27-21-20(23(32)34-4)16-29(13-14-30)22(21)31/h5-8,17,26-27,30H,9-16H2,1-4H3. The van der Waals surface area contributed by atoms with E-state index < -0.39 is 11.6 Å². The maximum absolute atomic E-state index is 12.7. The highest BCUT2D eigenvalue weighted by Crippen LogP contribution is 2.25. The number of methoxy groups -OCH3 is 1. The molecule has 35 heavy (non-hydrogen) atoms. The van der Waals surface area contributed by atoms with E-state index in [2.05, 4.69) is 10.6 Å². The van der Waals surface area contributed by atoms with Gasteiger partial charge in [0.2, 0.25) is 0 Å². The molecule has 0 aliphatic carbocycles. The van der Waals surface area contributed by atoms with Gasteiger partial charge in [-0.3, -0.25) is 4.79 Å². The van der Waals surface area contributed by atoms with Crippen LogP contribution >= 0.6 is 0 Å². The molecule has 1 fully saturated rings. The maximum Gasteiger partial charge on any atom is 0.410 e. The van der Waals surface area contributed by atoms with Crippen LogP contribution in [0.15, 0.2) is 35.5 Å². The number of amides is 2. The Morgan fingerprint density at radius 1 is 1.11 bits per heavy atom. The number of esters is 1. The third kappa shape index (κ3) is 7.11. The maximum atomic E-state index is 12.7. The molecule has 3 N–H and O–H groups in total. The molecule has 10 nitrogen and oxygen atoms in total. The average Bonchev–Trinajstić information content (AvgIpc) is 3.12. The minimum atomic E-state index is -0.572. The SMILES string of the molecule is COC(=O)C1=C(Nc2ccc(NCC3CCN(C(=O)OC(C)(C)C)CC3)cc2)C(=O)N(CCO)C1. The molecule has 1 saturated heterocycles. The van der Waals surface area contributed by atoms with Gasteiger partial charge >= 0.3 is 12.1 Å². The number of nitrogens with zero attached hydrogens (tertiary/aromatic N) is 2. The quantitative estimate of drug-likeness (QED) is 0.477. The van der Waals surface area contributed by atoms with Crippen molar-refractivity contribution in [2.24, 2.45) is 5.92 Å². The van der Waals surface area contributed by atoms with E-state index in [-0.39, 0.29) is 43.0 Å². The van der Waals surface area contributed by atoms with Gasteiger partial charge in [0.1, 0.15) is 11.3 Å². The Kier molecular flexibility index (Phi) is 8.61. The molecule has 0 spiro atoms. The van der Waals surface area contributed by atoms with Gasteiger partial charge in [0, 0.05) is 37.6 Å². The van der Waals surface area contributed by atoms with Crippen LogP contribution in [-0.4, -0.2) is 84.9 Å². The third-order valence-corrected chi connectivity index (χ3v) is 5.97. The molecule has 2 heterocycles. The van der Waals surface area contributed by atoms with Crippen molar-refractivity contribution in [2.45, 2.75) is 39.2 Å². The van der Waals surface area contributed by atoms with Crippen molar-refractivity contribution in [1.82, 2.24) is 9.80 Å². The molecule has 10 heteroatoms. The van der Waals surface area contributed by atoms with Crippen LogP contribution in [0, 0.1) is 5.92 Å². The zero-order valence-corrected chi connectivity index (χ0v) is 20.9. The van der Waals surface area contributed by atoms with E-state index in [4.69, 9.17) is 9.47 Å². The average molecular weight is 489 g/mol. The number of aliphatic hydroxyl groups excluding tert-OH is 1. The molecule has 1 aromatic carbocycles. The highest BCUT2D eigenvalue weighted by Gasteiger charge is 2.34. The summed E-state index contributed by atoms with van der Waals surface area (Å²) in [6, 6.07) is 7.47. The number of carbonyl (C=O) groups is 3. The number of carbonyl (C=O) groups excluding carboxylic acids is 3. The second-order valence-corrected chi connectivity index (χ2v) is 9.79. The summed E-state index contributed by atoms with van der Waals surface area (Å²) in [5.41, 5.74) is 1.52. The number of nitrogens with one attached hydrogen (secondary N) is 2. The molecule has 0 bridgehead atoms. The van der Waals surface area contributed by atoms with Crippen molar-refractivity contribution < 1.29 is 29.0 Å². The van der Waals surface area contributed by atoms with Gasteiger partial charge < -0.3 is 35.0 Å². The topological polar surface area (TPSA) is 120 Å². The predicted molar refractivity (Wildman–Crippen MR) is 132 cm³/mol. The van der Waals surface area contributed by atoms with E-state index in [0.29, 0.717) is 24.7 Å². The van der Waals surface area contributed by atoms with Crippen LogP contribution in [0.1, 0.15) is 33.6 Å². The smallest absolute Gasteiger partial charge is 0.410 e. The summed E-state index contributed by atoms with van der Waals surface area (Å²) in [6.07, 6.45) is 1.56. The molecule has 0 unspecified atom stereocenters. The molecule has 0 atom stereocenters. The van der Waals surface area contributed by atoms with Crippen molar-refractivity contribution in [1.29, 1.82) is 0 Å². The van der Waals surface area contributed by atoms with Crippen LogP contribution in [0.2, 0.25) is 0 Å². The van der Waals surface area contributed by atoms with Gasteiger partial charge in [0.05, 0.1) is 25.8 Å². The summed E-state index contributed by atoms with van der Waals surface area (Å²) >= 11 is 0. The molecular weight excluding hydrogens is 452 g/mol. The number of aliphatic hydroxyl groups is 1. The zero-order valence-electron chi connectivity index (χ0n) is 20.9. The van der Waals surface area contributed by atoms with Crippen LogP contribution < -0.4 is 10.6 Å². The molecule has 1 aromatic rings. The first-order valence-electron chi connectivity index (χ1n) is 11.9. The number of likely N-dealkylation sites (tertiary alicyclic amines) is 1. The Labute approximate surface area is 206 Å². The van der Waals surface area contributed by atoms with Gasteiger partial charge in [-0.1, -0.05) is 0 Å². The number of piperidine rings is 1. The number of anilines is 2. The summed E-state index contributed by atoms with van der Waals surface area (Å²) in [6.45, 7) is 7.82. The van der Waals surface area contributed by atoms with E-state index in [1.165, 1.54) is 12.0 Å². The highest BCUT2D eigenvalue weighted by atomic mass is 16.6. The zero-order chi connectivity index (χ0) is 25.6. The minimum Gasteiger partial charge on any atom is -0.466 e. The van der Waals surface area contributed by atoms with Crippen LogP contribution in [0.25, 0.3) is 0 Å². The van der Waals surface area contributed by atoms with Crippen molar-refractivity contribution in [3.63, 3.8) is 0 Å². The second-order valence-electron chi connectivity index (χ2n) is 9.79. The van der Waals surface area contributed by atoms with Gasteiger partial charge in [0.25, 0.3) is 5.91 Å². The summed E-state index contributed by atoms with van der Waals surface area (Å²) in [4.78, 5) is 40.2. The lowest BCUT2D eigenvalue weighted by Gasteiger charge is -2.33. The van der Waals surface area contributed by atoms with Gasteiger partial charge in [-0.15, -0.1) is 0 Å². The summed E-state index contributed by atoms with van der Waals surface area (Å²) in [7, 11) is 1.27. The molecule has 192 valence electrons. The van der Waals surface area contributed by atoms with Crippen molar-refractivity contribution >= 4 is 29.3 Å². The fourth-order valence-electron chi connectivity index (χ4n) is 4.07. The van der Waals surface area contributed by atoms with Crippen molar-refractivity contribution in [3.8, 4) is 0 Å². The van der Waals surface area contributed by atoms with Crippen LogP contribution in [-0.2, 0) is 19.1 Å². The third-order valence-electron chi connectivity index (χ3n) is 5.97. The summed E-state index contributed by atoms with van der Waals surface area (Å²) < 4.78 is 10.3. The van der Waals surface area contributed by atoms with E-state index in [1.54, 1.807) is 4.90 Å². The molecular formula is C25H36N4O6. The van der Waals surface area contributed by atoms with Crippen LogP contribution in [0.3, 0.4) is 0 Å². The van der Waals surface area contributed by atoms with E-state index in [9.17, 15) is 19.5 Å². The van der Waals surface area contributed by atoms with Gasteiger partial charge in [-0.2, -0.15) is 0 Å². The number of β-amino-alcohol motifs (C(OH)–C–C–N with tert-alkyl or cyclic N) is 1. The minimum absolute atomic E-state index is 0.0980. The Morgan fingerprint density at radius 2 is 1.74 bits per heavy atom. The number of ether oxygens (including phenoxy) is 2. The van der Waals surface area contributed by atoms with Crippen LogP contribution in [0.5, 0.6) is 0 Å². The Morgan fingerprint density at radius 3 is 2.31 bits per heavy atom. The lowest BCUT2D eigenvalue weighted by Crippen LogP contribution is -2.42. The first kappa shape index (κ1) is 26.3. The largest absolute Gasteiger partial charge is 0.466 e. The fourth-order valence-corrected chi connectivity index (χ4v) is 4.07. The summed E-state index contributed by atoms with van der Waals surface area (Å²) in [5.74, 6) is -0.468. The Bertz CT molecular complexity index is 946. The van der Waals surface area contributed by atoms with E-state index in [1.807, 2.05) is 45.0 Å². The normalized spacial score (nSPS) is 17.0. The van der Waals surface area contributed by atoms with Gasteiger partial charge in [0.15, 0.2) is 0 Å². The Balaban J connectivity index is 1.51. The lowest BCUT2D eigenvalue weighted by atomic mass is 9.97. The fraction of sp³-hybridized carbons (Fsp3) is 0.560. The first-order valence-corrected chi connectivity index (χ1v) is 11.9. The Hall–Kier alpha value is -3.27. The van der Waals surface area contributed by atoms with Crippen LogP contribution in [0.4, 0.5) is 16.2 Å². The number of hydrogen-bond acceptors (Lipinski definition) is 8. The van der Waals surface area contributed by atoms with Crippen molar-refractivity contribution in [2.75, 3.05) is 57.1 Å². The number of benzene rings is 1. The molecule has 0 saturated carbocycles. The molecule has 0 radical (unpaired) electrons. The van der Waals surface area contributed by atoms with Gasteiger partial charge in [-0.25, -0.2) is 9.59 Å². The van der Waals surface area contributed by atoms with Gasteiger partial charge in [-0.05, 0) is 63.8 Å². The second kappa shape index (κ2) is 11.4. The van der Waals surface area contributed by atoms with E-state index >= 15 is 0 Å². The monoisotopic (exact) mass is 488 g/mol. The molecule has 2 aliphatic rings. The lowest BCUT2D eigenvalue weighted by molar-refractivity contribution is -0.136. The molecule has 0 aromatic heterocycles. The molecule has 2 aliphatic heterocycles. The van der Waals surface area contributed by atoms with Crippen molar-refractivity contribution in [3.05, 3.63) is 35.5 Å². The molecule has 2 amide bonds. The number of hydrogen-bond donors (Lipinski definition) is 3. The number of rotatable bonds is 8. The summed E-state index contributed by atoms with van der Waals surface area (Å²) in [5, 5.41) is 15.6. The predicted octanol–water partition coefficient (Wildman–Crippen LogP) is 2.42. The first-order chi connectivity index (χ1) is 16.6.